The third-order valence-corrected chi connectivity index (χ3v) is 7.20. The molecule has 3 N–H and O–H groups in total. The van der Waals surface area contributed by atoms with Crippen molar-refractivity contribution in [2.75, 3.05) is 11.1 Å². The highest BCUT2D eigenvalue weighted by Crippen LogP contribution is 2.30. The fourth-order valence-electron chi connectivity index (χ4n) is 4.39. The molecule has 4 aromatic carbocycles. The summed E-state index contributed by atoms with van der Waals surface area (Å²) in [5.74, 6) is -0.236. The first-order valence-corrected chi connectivity index (χ1v) is 12.7. The average molecular weight is 502 g/mol. The highest BCUT2D eigenvalue weighted by molar-refractivity contribution is 7.13. The molecule has 0 aliphatic carbocycles. The number of carbonyl (C=O) groups is 1. The van der Waals surface area contributed by atoms with Crippen molar-refractivity contribution >= 4 is 39.4 Å². The lowest BCUT2D eigenvalue weighted by molar-refractivity contribution is 0.102. The van der Waals surface area contributed by atoms with Gasteiger partial charge in [-0.3, -0.25) is 4.79 Å². The van der Waals surface area contributed by atoms with E-state index in [0.717, 1.165) is 16.0 Å². The Kier molecular flexibility index (Phi) is 5.96. The van der Waals surface area contributed by atoms with Gasteiger partial charge >= 0.3 is 0 Å². The van der Waals surface area contributed by atoms with Crippen LogP contribution in [0.3, 0.4) is 0 Å². The van der Waals surface area contributed by atoms with Gasteiger partial charge in [-0.2, -0.15) is 0 Å². The van der Waals surface area contributed by atoms with Crippen molar-refractivity contribution in [3.8, 4) is 21.7 Å². The molecule has 0 spiro atoms. The van der Waals surface area contributed by atoms with Crippen LogP contribution in [0.25, 0.3) is 32.5 Å². The van der Waals surface area contributed by atoms with Gasteiger partial charge in [0.25, 0.3) is 5.91 Å². The van der Waals surface area contributed by atoms with Crippen molar-refractivity contribution in [2.45, 2.75) is 6.54 Å². The Hall–Kier alpha value is -4.75. The number of thiophene rings is 1. The number of nitrogen functional groups attached to an aromatic ring is 1. The molecule has 0 saturated heterocycles. The first-order valence-electron chi connectivity index (χ1n) is 11.9. The maximum Gasteiger partial charge on any atom is 0.255 e. The fourth-order valence-corrected chi connectivity index (χ4v) is 5.11. The number of rotatable bonds is 6. The maximum absolute atomic E-state index is 13.1. The number of anilines is 2. The van der Waals surface area contributed by atoms with Crippen molar-refractivity contribution in [3.63, 3.8) is 0 Å². The van der Waals surface area contributed by atoms with Gasteiger partial charge in [0.2, 0.25) is 0 Å². The van der Waals surface area contributed by atoms with Gasteiger partial charge in [0.1, 0.15) is 5.69 Å². The molecule has 37 heavy (non-hydrogen) atoms. The highest BCUT2D eigenvalue weighted by Gasteiger charge is 2.13. The summed E-state index contributed by atoms with van der Waals surface area (Å²) in [5.41, 5.74) is 11.5. The number of nitrogens with zero attached hydrogens (tertiary/aromatic N) is 3. The molecule has 0 atom stereocenters. The summed E-state index contributed by atoms with van der Waals surface area (Å²) in [7, 11) is 0. The van der Waals surface area contributed by atoms with Crippen LogP contribution in [0.4, 0.5) is 11.4 Å². The smallest absolute Gasteiger partial charge is 0.255 e. The minimum absolute atomic E-state index is 0.236. The summed E-state index contributed by atoms with van der Waals surface area (Å²) in [6, 6.07) is 31.7. The SMILES string of the molecule is Nc1ccc(-c2cccs2)cc1NC(=O)c1cccc(-c2cn(Cc3cccc4ccccc34)nn2)c1. The molecule has 0 fully saturated rings. The van der Waals surface area contributed by atoms with Gasteiger partial charge in [-0.05, 0) is 57.6 Å². The van der Waals surface area contributed by atoms with E-state index in [4.69, 9.17) is 5.73 Å². The van der Waals surface area contributed by atoms with Gasteiger partial charge in [0, 0.05) is 16.0 Å². The van der Waals surface area contributed by atoms with E-state index < -0.39 is 0 Å². The predicted octanol–water partition coefficient (Wildman–Crippen LogP) is 6.71. The highest BCUT2D eigenvalue weighted by atomic mass is 32.1. The molecule has 6 rings (SSSR count). The first-order chi connectivity index (χ1) is 18.1. The fraction of sp³-hybridized carbons (Fsp3) is 0.0333. The van der Waals surface area contributed by atoms with Crippen LogP contribution in [0, 0.1) is 0 Å². The summed E-state index contributed by atoms with van der Waals surface area (Å²) in [6.07, 6.45) is 1.90. The lowest BCUT2D eigenvalue weighted by atomic mass is 10.0. The number of nitrogens with two attached hydrogens (primary N) is 1. The van der Waals surface area contributed by atoms with Gasteiger partial charge in [-0.1, -0.05) is 71.9 Å². The predicted molar refractivity (Wildman–Crippen MR) is 151 cm³/mol. The first kappa shape index (κ1) is 22.7. The second kappa shape index (κ2) is 9.72. The van der Waals surface area contributed by atoms with E-state index >= 15 is 0 Å². The van der Waals surface area contributed by atoms with E-state index in [0.29, 0.717) is 29.2 Å². The Morgan fingerprint density at radius 3 is 2.65 bits per heavy atom. The Morgan fingerprint density at radius 1 is 0.892 bits per heavy atom. The van der Waals surface area contributed by atoms with E-state index in [1.54, 1.807) is 17.4 Å². The lowest BCUT2D eigenvalue weighted by Crippen LogP contribution is -2.13. The van der Waals surface area contributed by atoms with Crippen LogP contribution in [0.2, 0.25) is 0 Å². The molecule has 180 valence electrons. The number of hydrogen-bond donors (Lipinski definition) is 2. The van der Waals surface area contributed by atoms with E-state index in [1.165, 1.54) is 16.3 Å². The Bertz CT molecular complexity index is 1720. The summed E-state index contributed by atoms with van der Waals surface area (Å²) in [6.45, 7) is 0.606. The zero-order valence-electron chi connectivity index (χ0n) is 19.8. The van der Waals surface area contributed by atoms with Crippen molar-refractivity contribution in [1.29, 1.82) is 0 Å². The minimum atomic E-state index is -0.236. The number of amides is 1. The van der Waals surface area contributed by atoms with Gasteiger partial charge in [-0.15, -0.1) is 16.4 Å². The number of fused-ring (bicyclic) bond motifs is 1. The molecular weight excluding hydrogens is 478 g/mol. The monoisotopic (exact) mass is 501 g/mol. The van der Waals surface area contributed by atoms with E-state index in [1.807, 2.05) is 76.9 Å². The Labute approximate surface area is 218 Å². The largest absolute Gasteiger partial charge is 0.397 e. The van der Waals surface area contributed by atoms with Crippen LogP contribution >= 0.6 is 11.3 Å². The van der Waals surface area contributed by atoms with Crippen LogP contribution < -0.4 is 11.1 Å². The van der Waals surface area contributed by atoms with Crippen molar-refractivity contribution in [2.24, 2.45) is 0 Å². The summed E-state index contributed by atoms with van der Waals surface area (Å²) >= 11 is 1.64. The summed E-state index contributed by atoms with van der Waals surface area (Å²) in [5, 5.41) is 16.1. The summed E-state index contributed by atoms with van der Waals surface area (Å²) < 4.78 is 1.82. The molecule has 1 amide bonds. The third-order valence-electron chi connectivity index (χ3n) is 6.28. The maximum atomic E-state index is 13.1. The van der Waals surface area contributed by atoms with Crippen LogP contribution in [0.15, 0.2) is 109 Å². The molecule has 0 aliphatic rings. The second-order valence-corrected chi connectivity index (χ2v) is 9.70. The molecule has 7 heteroatoms. The van der Waals surface area contributed by atoms with Crippen LogP contribution in [-0.4, -0.2) is 20.9 Å². The standard InChI is InChI=1S/C30H23N5OS/c31-26-14-13-22(29-12-5-15-37-29)17-27(26)32-30(36)23-9-4-8-21(16-23)28-19-35(34-33-28)18-24-10-3-7-20-6-1-2-11-25(20)24/h1-17,19H,18,31H2,(H,32,36). The molecule has 2 aromatic heterocycles. The third kappa shape index (κ3) is 4.72. The lowest BCUT2D eigenvalue weighted by Gasteiger charge is -2.10. The number of benzene rings is 4. The molecule has 2 heterocycles. The average Bonchev–Trinajstić information content (AvgIpc) is 3.63. The molecule has 6 aromatic rings. The van der Waals surface area contributed by atoms with E-state index in [2.05, 4.69) is 46.0 Å². The Morgan fingerprint density at radius 2 is 1.76 bits per heavy atom. The second-order valence-electron chi connectivity index (χ2n) is 8.75. The molecule has 0 aliphatic heterocycles. The van der Waals surface area contributed by atoms with Crippen LogP contribution in [-0.2, 0) is 6.54 Å². The Balaban J connectivity index is 1.22. The number of nitrogens with one attached hydrogen (secondary N) is 1. The van der Waals surface area contributed by atoms with Gasteiger partial charge in [0.05, 0.1) is 24.1 Å². The van der Waals surface area contributed by atoms with Gasteiger partial charge in [0.15, 0.2) is 0 Å². The number of carbonyl (C=O) groups excluding carboxylic acids is 1. The van der Waals surface area contributed by atoms with Gasteiger partial charge < -0.3 is 11.1 Å². The van der Waals surface area contributed by atoms with Crippen molar-refractivity contribution in [3.05, 3.63) is 120 Å². The van der Waals surface area contributed by atoms with Gasteiger partial charge in [-0.25, -0.2) is 4.68 Å². The van der Waals surface area contributed by atoms with E-state index in [-0.39, 0.29) is 5.91 Å². The minimum Gasteiger partial charge on any atom is -0.397 e. The normalized spacial score (nSPS) is 11.0. The zero-order valence-corrected chi connectivity index (χ0v) is 20.7. The number of aromatic nitrogens is 3. The molecular formula is C30H23N5OS. The zero-order chi connectivity index (χ0) is 25.2. The van der Waals surface area contributed by atoms with Crippen molar-refractivity contribution in [1.82, 2.24) is 15.0 Å². The molecule has 0 radical (unpaired) electrons. The quantitative estimate of drug-likeness (QED) is 0.248. The summed E-state index contributed by atoms with van der Waals surface area (Å²) in [4.78, 5) is 14.2. The van der Waals surface area contributed by atoms with Crippen LogP contribution in [0.5, 0.6) is 0 Å². The molecule has 0 bridgehead atoms. The molecule has 0 unspecified atom stereocenters. The number of hydrogen-bond acceptors (Lipinski definition) is 5. The topological polar surface area (TPSA) is 85.8 Å². The molecule has 0 saturated carbocycles. The van der Waals surface area contributed by atoms with Crippen molar-refractivity contribution < 1.29 is 4.79 Å². The van der Waals surface area contributed by atoms with E-state index in [9.17, 15) is 4.79 Å². The molecule has 6 nitrogen and oxygen atoms in total. The van der Waals surface area contributed by atoms with Crippen LogP contribution in [0.1, 0.15) is 15.9 Å².